The molecule has 0 fully saturated rings. The van der Waals surface area contributed by atoms with Crippen molar-refractivity contribution in [3.05, 3.63) is 119 Å². The van der Waals surface area contributed by atoms with E-state index in [1.165, 1.54) is 47.2 Å². The van der Waals surface area contributed by atoms with Crippen LogP contribution in [0.25, 0.3) is 10.9 Å². The van der Waals surface area contributed by atoms with E-state index in [0.29, 0.717) is 17.6 Å². The Kier molecular flexibility index (Phi) is 8.05. The van der Waals surface area contributed by atoms with E-state index < -0.39 is 24.0 Å². The number of nitriles is 1. The summed E-state index contributed by atoms with van der Waals surface area (Å²) in [6, 6.07) is 19.6. The number of alkyl halides is 3. The fourth-order valence-electron chi connectivity index (χ4n) is 5.17. The molecule has 2 aromatic heterocycles. The molecule has 216 valence electrons. The van der Waals surface area contributed by atoms with Gasteiger partial charge in [-0.2, -0.15) is 23.5 Å². The predicted octanol–water partition coefficient (Wildman–Crippen LogP) is 6.73. The van der Waals surface area contributed by atoms with Crippen molar-refractivity contribution in [1.29, 1.82) is 5.26 Å². The minimum atomic E-state index is -4.97. The van der Waals surface area contributed by atoms with E-state index in [2.05, 4.69) is 5.10 Å². The highest BCUT2D eigenvalue weighted by atomic mass is 19.4. The first-order valence-electron chi connectivity index (χ1n) is 13.3. The van der Waals surface area contributed by atoms with Crippen molar-refractivity contribution in [2.45, 2.75) is 44.1 Å². The van der Waals surface area contributed by atoms with Crippen LogP contribution in [0, 0.1) is 17.1 Å². The van der Waals surface area contributed by atoms with Gasteiger partial charge >= 0.3 is 6.18 Å². The molecule has 0 saturated heterocycles. The zero-order valence-corrected chi connectivity index (χ0v) is 22.8. The van der Waals surface area contributed by atoms with Crippen LogP contribution in [0.5, 0.6) is 5.75 Å². The first-order valence-corrected chi connectivity index (χ1v) is 13.3. The van der Waals surface area contributed by atoms with Gasteiger partial charge in [0.25, 0.3) is 0 Å². The molecular formula is C32H28F4N4O2. The van der Waals surface area contributed by atoms with Gasteiger partial charge in [0.1, 0.15) is 11.6 Å². The highest BCUT2D eigenvalue weighted by Gasteiger charge is 2.55. The minimum absolute atomic E-state index is 0.0388. The van der Waals surface area contributed by atoms with Crippen LogP contribution in [-0.2, 0) is 25.1 Å². The number of benzene rings is 3. The fourth-order valence-corrected chi connectivity index (χ4v) is 5.17. The number of fused-ring (bicyclic) bond motifs is 1. The summed E-state index contributed by atoms with van der Waals surface area (Å²) in [5, 5.41) is 25.2. The van der Waals surface area contributed by atoms with Crippen molar-refractivity contribution in [3.63, 3.8) is 0 Å². The molecule has 0 aliphatic heterocycles. The number of aromatic nitrogens is 3. The van der Waals surface area contributed by atoms with Crippen molar-refractivity contribution in [2.24, 2.45) is 0 Å². The molecule has 2 heterocycles. The Morgan fingerprint density at radius 3 is 2.43 bits per heavy atom. The fraction of sp³-hybridized carbons (Fsp3) is 0.250. The highest BCUT2D eigenvalue weighted by Crippen LogP contribution is 2.46. The number of hydrogen-bond donors (Lipinski definition) is 1. The van der Waals surface area contributed by atoms with E-state index in [-0.39, 0.29) is 35.9 Å². The average molecular weight is 577 g/mol. The Hall–Kier alpha value is -4.62. The molecule has 10 heteroatoms. The molecule has 0 amide bonds. The normalized spacial score (nSPS) is 13.2. The second kappa shape index (κ2) is 11.7. The van der Waals surface area contributed by atoms with Crippen molar-refractivity contribution in [1.82, 2.24) is 14.3 Å². The summed E-state index contributed by atoms with van der Waals surface area (Å²) in [4.78, 5) is 0. The third-order valence-corrected chi connectivity index (χ3v) is 7.36. The van der Waals surface area contributed by atoms with E-state index in [1.807, 2.05) is 30.3 Å². The van der Waals surface area contributed by atoms with Crippen molar-refractivity contribution in [3.8, 4) is 11.8 Å². The van der Waals surface area contributed by atoms with E-state index in [1.54, 1.807) is 30.3 Å². The molecule has 0 aliphatic rings. The second-order valence-electron chi connectivity index (χ2n) is 10.3. The van der Waals surface area contributed by atoms with Gasteiger partial charge in [-0.15, -0.1) is 0 Å². The van der Waals surface area contributed by atoms with Gasteiger partial charge in [0.15, 0.2) is 5.60 Å². The van der Waals surface area contributed by atoms with E-state index in [4.69, 9.17) is 4.74 Å². The first kappa shape index (κ1) is 28.9. The van der Waals surface area contributed by atoms with Gasteiger partial charge < -0.3 is 14.4 Å². The lowest BCUT2D eigenvalue weighted by Crippen LogP contribution is -2.42. The third kappa shape index (κ3) is 6.02. The van der Waals surface area contributed by atoms with Crippen LogP contribution in [0.1, 0.15) is 40.7 Å². The molecule has 1 atom stereocenters. The molecule has 0 bridgehead atoms. The molecular weight excluding hydrogens is 548 g/mol. The molecule has 0 radical (unpaired) electrons. The summed E-state index contributed by atoms with van der Waals surface area (Å²) >= 11 is 0. The Bertz CT molecular complexity index is 1730. The molecule has 1 N–H and O–H groups in total. The topological polar surface area (TPSA) is 76.0 Å². The largest absolute Gasteiger partial charge is 0.497 e. The number of aryl methyl sites for hydroxylation is 1. The lowest BCUT2D eigenvalue weighted by atomic mass is 9.87. The maximum atomic E-state index is 14.6. The molecule has 0 aliphatic carbocycles. The van der Waals surface area contributed by atoms with Gasteiger partial charge in [0.05, 0.1) is 37.0 Å². The quantitative estimate of drug-likeness (QED) is 0.187. The molecule has 0 spiro atoms. The number of hydrogen-bond acceptors (Lipinski definition) is 4. The zero-order chi connectivity index (χ0) is 29.9. The smallest absolute Gasteiger partial charge is 0.421 e. The molecule has 5 rings (SSSR count). The van der Waals surface area contributed by atoms with Gasteiger partial charge in [0, 0.05) is 29.9 Å². The summed E-state index contributed by atoms with van der Waals surface area (Å²) in [6.45, 7) is 0.552. The van der Waals surface area contributed by atoms with Gasteiger partial charge in [-0.1, -0.05) is 30.3 Å². The summed E-state index contributed by atoms with van der Waals surface area (Å²) in [6.07, 6.45) is -0.581. The second-order valence-corrected chi connectivity index (χ2v) is 10.3. The Balaban J connectivity index is 1.39. The van der Waals surface area contributed by atoms with Crippen LogP contribution in [0.4, 0.5) is 17.6 Å². The average Bonchev–Trinajstić information content (AvgIpc) is 3.56. The molecule has 1 unspecified atom stereocenters. The number of nitrogens with zero attached hydrogens (tertiary/aromatic N) is 4. The van der Waals surface area contributed by atoms with Crippen LogP contribution in [0.15, 0.2) is 85.3 Å². The van der Waals surface area contributed by atoms with Crippen molar-refractivity contribution >= 4 is 10.9 Å². The highest BCUT2D eigenvalue weighted by molar-refractivity contribution is 5.86. The van der Waals surface area contributed by atoms with Crippen LogP contribution >= 0.6 is 0 Å². The van der Waals surface area contributed by atoms with E-state index >= 15 is 0 Å². The Morgan fingerprint density at radius 1 is 0.952 bits per heavy atom. The predicted molar refractivity (Wildman–Crippen MR) is 149 cm³/mol. The number of ether oxygens (including phenoxy) is 1. The molecule has 3 aromatic carbocycles. The summed E-state index contributed by atoms with van der Waals surface area (Å²) < 4.78 is 66.0. The van der Waals surface area contributed by atoms with E-state index in [9.17, 15) is 27.9 Å². The molecule has 6 nitrogen and oxygen atoms in total. The van der Waals surface area contributed by atoms with Gasteiger partial charge in [-0.05, 0) is 72.4 Å². The SMILES string of the molecule is COc1ccc(Cn2cc(CCCC(O)(c3cn(Cc4cccc(F)c4)c4cc(C#N)ccc34)C(F)(F)F)cn2)cc1. The molecule has 0 saturated carbocycles. The Labute approximate surface area is 240 Å². The van der Waals surface area contributed by atoms with E-state index in [0.717, 1.165) is 16.9 Å². The number of rotatable bonds is 10. The van der Waals surface area contributed by atoms with Crippen LogP contribution < -0.4 is 4.74 Å². The Morgan fingerprint density at radius 2 is 1.74 bits per heavy atom. The lowest BCUT2D eigenvalue weighted by Gasteiger charge is -2.30. The maximum absolute atomic E-state index is 14.6. The number of aliphatic hydroxyl groups is 1. The van der Waals surface area contributed by atoms with Crippen molar-refractivity contribution in [2.75, 3.05) is 7.11 Å². The van der Waals surface area contributed by atoms with Gasteiger partial charge in [0.2, 0.25) is 0 Å². The zero-order valence-electron chi connectivity index (χ0n) is 22.8. The summed E-state index contributed by atoms with van der Waals surface area (Å²) in [5.74, 6) is 0.265. The lowest BCUT2D eigenvalue weighted by molar-refractivity contribution is -0.269. The standard InChI is InChI=1S/C32H28F4N4O2/c1-42-27-10-7-22(8-11-27)19-40-20-25(17-38-40)5-3-13-31(41,32(34,35)36)29-21-39(18-24-4-2-6-26(33)14-24)30-15-23(16-37)9-12-28(29)30/h2,4,6-12,14-15,17,20-21,41H,3,5,13,18-19H2,1H3. The minimum Gasteiger partial charge on any atom is -0.497 e. The van der Waals surface area contributed by atoms with Crippen LogP contribution in [0.2, 0.25) is 0 Å². The van der Waals surface area contributed by atoms with Gasteiger partial charge in [-0.3, -0.25) is 4.68 Å². The molecule has 5 aromatic rings. The third-order valence-electron chi connectivity index (χ3n) is 7.36. The number of halogens is 4. The summed E-state index contributed by atoms with van der Waals surface area (Å²) in [7, 11) is 1.59. The first-order chi connectivity index (χ1) is 20.1. The number of methoxy groups -OCH3 is 1. The maximum Gasteiger partial charge on any atom is 0.421 e. The molecule has 42 heavy (non-hydrogen) atoms. The van der Waals surface area contributed by atoms with Gasteiger partial charge in [-0.25, -0.2) is 4.39 Å². The van der Waals surface area contributed by atoms with Crippen molar-refractivity contribution < 1.29 is 27.4 Å². The van der Waals surface area contributed by atoms with Crippen LogP contribution in [-0.4, -0.2) is 32.7 Å². The summed E-state index contributed by atoms with van der Waals surface area (Å²) in [5.41, 5.74) is -0.577. The monoisotopic (exact) mass is 576 g/mol. The van der Waals surface area contributed by atoms with Crippen LogP contribution in [0.3, 0.4) is 0 Å².